The fourth-order valence-electron chi connectivity index (χ4n) is 1.11. The van der Waals surface area contributed by atoms with Crippen molar-refractivity contribution in [3.63, 3.8) is 0 Å². The van der Waals surface area contributed by atoms with Crippen LogP contribution in [-0.4, -0.2) is 17.3 Å². The monoisotopic (exact) mass is 190 g/mol. The lowest BCUT2D eigenvalue weighted by molar-refractivity contribution is 0.253. The van der Waals surface area contributed by atoms with Gasteiger partial charge in [-0.15, -0.1) is 0 Å². The summed E-state index contributed by atoms with van der Waals surface area (Å²) in [7, 11) is 0. The number of aryl methyl sites for hydroxylation is 1. The molecule has 0 aliphatic carbocycles. The second-order valence-corrected chi connectivity index (χ2v) is 3.54. The summed E-state index contributed by atoms with van der Waals surface area (Å²) in [6, 6.07) is 9.72. The van der Waals surface area contributed by atoms with Crippen molar-refractivity contribution in [1.82, 2.24) is 0 Å². The van der Waals surface area contributed by atoms with E-state index in [0.29, 0.717) is 0 Å². The second-order valence-electron chi connectivity index (χ2n) is 3.54. The summed E-state index contributed by atoms with van der Waals surface area (Å²) in [4.78, 5) is 0. The molecule has 0 aromatic heterocycles. The number of nitrogens with one attached hydrogen (secondary N) is 1. The molecule has 3 heteroatoms. The summed E-state index contributed by atoms with van der Waals surface area (Å²) in [5.74, 6) is 0. The van der Waals surface area contributed by atoms with Crippen molar-refractivity contribution in [3.8, 4) is 6.07 Å². The molecule has 1 aromatic carbocycles. The minimum Gasteiger partial charge on any atom is -0.393 e. The van der Waals surface area contributed by atoms with Gasteiger partial charge in [0.15, 0.2) is 0 Å². The molecule has 0 heterocycles. The zero-order valence-corrected chi connectivity index (χ0v) is 8.41. The molecule has 0 aliphatic heterocycles. The number of nitrogens with zero attached hydrogens (tertiary/aromatic N) is 1. The summed E-state index contributed by atoms with van der Waals surface area (Å²) in [5, 5.41) is 20.9. The highest BCUT2D eigenvalue weighted by Crippen LogP contribution is 2.18. The van der Waals surface area contributed by atoms with Gasteiger partial charge in [0, 0.05) is 5.69 Å². The van der Waals surface area contributed by atoms with Gasteiger partial charge in [0.25, 0.3) is 0 Å². The van der Waals surface area contributed by atoms with Gasteiger partial charge in [-0.1, -0.05) is 18.2 Å². The molecule has 14 heavy (non-hydrogen) atoms. The van der Waals surface area contributed by atoms with Crippen LogP contribution in [0.4, 0.5) is 5.69 Å². The van der Waals surface area contributed by atoms with E-state index in [1.165, 1.54) is 0 Å². The third-order valence-electron chi connectivity index (χ3n) is 2.12. The van der Waals surface area contributed by atoms with E-state index in [1.807, 2.05) is 37.3 Å². The summed E-state index contributed by atoms with van der Waals surface area (Å²) < 4.78 is 0. The minimum absolute atomic E-state index is 0.210. The molecule has 1 atom stereocenters. The van der Waals surface area contributed by atoms with Crippen molar-refractivity contribution in [3.05, 3.63) is 29.8 Å². The fraction of sp³-hybridized carbons (Fsp3) is 0.364. The van der Waals surface area contributed by atoms with E-state index >= 15 is 0 Å². The van der Waals surface area contributed by atoms with Crippen LogP contribution in [0, 0.1) is 18.3 Å². The number of nitriles is 1. The van der Waals surface area contributed by atoms with Crippen LogP contribution in [-0.2, 0) is 0 Å². The van der Waals surface area contributed by atoms with Gasteiger partial charge in [0.2, 0.25) is 0 Å². The van der Waals surface area contributed by atoms with Gasteiger partial charge in [0.1, 0.15) is 5.54 Å². The average Bonchev–Trinajstić information content (AvgIpc) is 2.21. The molecule has 1 unspecified atom stereocenters. The Labute approximate surface area is 84.0 Å². The first-order valence-electron chi connectivity index (χ1n) is 4.47. The summed E-state index contributed by atoms with van der Waals surface area (Å²) in [6.45, 7) is 3.41. The number of aliphatic hydroxyl groups is 1. The number of anilines is 1. The number of para-hydroxylation sites is 1. The molecule has 2 N–H and O–H groups in total. The maximum atomic E-state index is 9.05. The van der Waals surface area contributed by atoms with Crippen LogP contribution in [0.3, 0.4) is 0 Å². The highest BCUT2D eigenvalue weighted by atomic mass is 16.3. The molecule has 0 aliphatic rings. The minimum atomic E-state index is -0.911. The Bertz CT molecular complexity index is 357. The van der Waals surface area contributed by atoms with E-state index in [2.05, 4.69) is 5.32 Å². The van der Waals surface area contributed by atoms with Crippen molar-refractivity contribution in [1.29, 1.82) is 5.26 Å². The number of aliphatic hydroxyl groups excluding tert-OH is 1. The zero-order valence-electron chi connectivity index (χ0n) is 8.41. The van der Waals surface area contributed by atoms with E-state index in [1.54, 1.807) is 6.92 Å². The Kier molecular flexibility index (Phi) is 3.10. The highest BCUT2D eigenvalue weighted by Gasteiger charge is 2.22. The van der Waals surface area contributed by atoms with Crippen molar-refractivity contribution in [2.45, 2.75) is 19.4 Å². The van der Waals surface area contributed by atoms with E-state index < -0.39 is 5.54 Å². The van der Waals surface area contributed by atoms with Crippen LogP contribution in [0.1, 0.15) is 12.5 Å². The molecule has 1 aromatic rings. The third-order valence-corrected chi connectivity index (χ3v) is 2.12. The van der Waals surface area contributed by atoms with Gasteiger partial charge < -0.3 is 10.4 Å². The molecule has 3 nitrogen and oxygen atoms in total. The molecule has 0 saturated carbocycles. The summed E-state index contributed by atoms with van der Waals surface area (Å²) >= 11 is 0. The standard InChI is InChI=1S/C11H14N2O/c1-9-5-3-4-6-10(9)13-11(2,7-12)8-14/h3-6,13-14H,8H2,1-2H3. The lowest BCUT2D eigenvalue weighted by Gasteiger charge is -2.22. The van der Waals surface area contributed by atoms with Gasteiger partial charge in [-0.25, -0.2) is 0 Å². The molecule has 0 fully saturated rings. The normalized spacial score (nSPS) is 14.1. The molecule has 1 rings (SSSR count). The van der Waals surface area contributed by atoms with Crippen molar-refractivity contribution in [2.75, 3.05) is 11.9 Å². The van der Waals surface area contributed by atoms with Gasteiger partial charge >= 0.3 is 0 Å². The smallest absolute Gasteiger partial charge is 0.145 e. The first-order valence-corrected chi connectivity index (χ1v) is 4.47. The Morgan fingerprint density at radius 3 is 2.64 bits per heavy atom. The van der Waals surface area contributed by atoms with Crippen LogP contribution in [0.5, 0.6) is 0 Å². The molecule has 0 amide bonds. The zero-order chi connectivity index (χ0) is 10.6. The van der Waals surface area contributed by atoms with Gasteiger partial charge in [-0.3, -0.25) is 0 Å². The fourth-order valence-corrected chi connectivity index (χ4v) is 1.11. The largest absolute Gasteiger partial charge is 0.393 e. The number of rotatable bonds is 3. The number of benzene rings is 1. The molecule has 0 radical (unpaired) electrons. The highest BCUT2D eigenvalue weighted by molar-refractivity contribution is 5.53. The third kappa shape index (κ3) is 2.24. The van der Waals surface area contributed by atoms with E-state index in [-0.39, 0.29) is 6.61 Å². The Morgan fingerprint density at radius 2 is 2.14 bits per heavy atom. The van der Waals surface area contributed by atoms with E-state index in [0.717, 1.165) is 11.3 Å². The van der Waals surface area contributed by atoms with E-state index in [9.17, 15) is 0 Å². The van der Waals surface area contributed by atoms with E-state index in [4.69, 9.17) is 10.4 Å². The molecule has 0 bridgehead atoms. The first-order chi connectivity index (χ1) is 6.61. The number of hydrogen-bond donors (Lipinski definition) is 2. The van der Waals surface area contributed by atoms with Crippen LogP contribution in [0.15, 0.2) is 24.3 Å². The van der Waals surface area contributed by atoms with Crippen LogP contribution < -0.4 is 5.32 Å². The molecular weight excluding hydrogens is 176 g/mol. The lowest BCUT2D eigenvalue weighted by atomic mass is 10.0. The maximum absolute atomic E-state index is 9.05. The first kappa shape index (κ1) is 10.6. The maximum Gasteiger partial charge on any atom is 0.145 e. The Hall–Kier alpha value is -1.53. The molecule has 0 saturated heterocycles. The van der Waals surface area contributed by atoms with Gasteiger partial charge in [0.05, 0.1) is 12.7 Å². The topological polar surface area (TPSA) is 56.0 Å². The predicted molar refractivity (Wildman–Crippen MR) is 55.9 cm³/mol. The van der Waals surface area contributed by atoms with Crippen LogP contribution in [0.2, 0.25) is 0 Å². The predicted octanol–water partition coefficient (Wildman–Crippen LogP) is 1.68. The molecule has 0 spiro atoms. The summed E-state index contributed by atoms with van der Waals surface area (Å²) in [6.07, 6.45) is 0. The van der Waals surface area contributed by atoms with Crippen molar-refractivity contribution < 1.29 is 5.11 Å². The van der Waals surface area contributed by atoms with Crippen molar-refractivity contribution >= 4 is 5.69 Å². The lowest BCUT2D eigenvalue weighted by Crippen LogP contribution is -2.37. The van der Waals surface area contributed by atoms with Gasteiger partial charge in [-0.05, 0) is 25.5 Å². The Balaban J connectivity index is 2.89. The quantitative estimate of drug-likeness (QED) is 0.762. The Morgan fingerprint density at radius 1 is 1.50 bits per heavy atom. The second kappa shape index (κ2) is 4.12. The van der Waals surface area contributed by atoms with Crippen molar-refractivity contribution in [2.24, 2.45) is 0 Å². The molecule has 74 valence electrons. The number of hydrogen-bond acceptors (Lipinski definition) is 3. The summed E-state index contributed by atoms with van der Waals surface area (Å²) in [5.41, 5.74) is 1.03. The van der Waals surface area contributed by atoms with Gasteiger partial charge in [-0.2, -0.15) is 5.26 Å². The van der Waals surface area contributed by atoms with Crippen LogP contribution in [0.25, 0.3) is 0 Å². The SMILES string of the molecule is Cc1ccccc1NC(C)(C#N)CO. The molecular formula is C11H14N2O. The average molecular weight is 190 g/mol. The van der Waals surface area contributed by atoms with Crippen LogP contribution >= 0.6 is 0 Å².